The van der Waals surface area contributed by atoms with Gasteiger partial charge >= 0.3 is 0 Å². The second kappa shape index (κ2) is 4.60. The standard InChI is InChI=1S/C12H13ClN2/c1-14-6-5-9-3-2-4-10-7-15-8-11(13)12(9)10/h2-4,7-8,14H,5-6H2,1H3. The van der Waals surface area contributed by atoms with Gasteiger partial charge in [-0.05, 0) is 25.6 Å². The fourth-order valence-electron chi connectivity index (χ4n) is 1.73. The molecule has 0 atom stereocenters. The first-order valence-corrected chi connectivity index (χ1v) is 5.36. The number of pyridine rings is 1. The first kappa shape index (κ1) is 10.4. The van der Waals surface area contributed by atoms with Crippen LogP contribution in [0.25, 0.3) is 10.8 Å². The number of hydrogen-bond acceptors (Lipinski definition) is 2. The molecule has 2 aromatic rings. The van der Waals surface area contributed by atoms with Crippen LogP contribution >= 0.6 is 11.6 Å². The number of aromatic nitrogens is 1. The molecule has 2 nitrogen and oxygen atoms in total. The summed E-state index contributed by atoms with van der Waals surface area (Å²) in [5.74, 6) is 0. The topological polar surface area (TPSA) is 24.9 Å². The van der Waals surface area contributed by atoms with Crippen LogP contribution in [0.4, 0.5) is 0 Å². The Hall–Kier alpha value is -1.12. The van der Waals surface area contributed by atoms with Crippen molar-refractivity contribution >= 4 is 22.4 Å². The van der Waals surface area contributed by atoms with Crippen molar-refractivity contribution < 1.29 is 0 Å². The lowest BCUT2D eigenvalue weighted by Crippen LogP contribution is -2.10. The maximum Gasteiger partial charge on any atom is 0.0670 e. The minimum atomic E-state index is 0.735. The minimum Gasteiger partial charge on any atom is -0.319 e. The van der Waals surface area contributed by atoms with Gasteiger partial charge in [0, 0.05) is 23.2 Å². The van der Waals surface area contributed by atoms with Gasteiger partial charge in [0.15, 0.2) is 0 Å². The van der Waals surface area contributed by atoms with E-state index in [1.165, 1.54) is 5.56 Å². The molecule has 0 aliphatic rings. The lowest BCUT2D eigenvalue weighted by Gasteiger charge is -2.07. The molecule has 1 aromatic carbocycles. The number of hydrogen-bond donors (Lipinski definition) is 1. The molecule has 0 saturated carbocycles. The molecule has 0 unspecified atom stereocenters. The zero-order valence-electron chi connectivity index (χ0n) is 8.63. The fourth-order valence-corrected chi connectivity index (χ4v) is 2.02. The zero-order chi connectivity index (χ0) is 10.7. The minimum absolute atomic E-state index is 0.735. The molecule has 0 aliphatic heterocycles. The second-order valence-corrected chi connectivity index (χ2v) is 3.90. The van der Waals surface area contributed by atoms with Crippen molar-refractivity contribution in [3.63, 3.8) is 0 Å². The van der Waals surface area contributed by atoms with Crippen molar-refractivity contribution in [2.24, 2.45) is 0 Å². The number of rotatable bonds is 3. The van der Waals surface area contributed by atoms with Gasteiger partial charge in [-0.15, -0.1) is 0 Å². The molecule has 78 valence electrons. The molecule has 0 fully saturated rings. The molecule has 15 heavy (non-hydrogen) atoms. The second-order valence-electron chi connectivity index (χ2n) is 3.49. The monoisotopic (exact) mass is 220 g/mol. The molecule has 0 spiro atoms. The molecule has 1 N–H and O–H groups in total. The SMILES string of the molecule is CNCCc1cccc2cncc(Cl)c12. The number of nitrogens with one attached hydrogen (secondary N) is 1. The Kier molecular flexibility index (Phi) is 3.19. The first-order chi connectivity index (χ1) is 7.33. The van der Waals surface area contributed by atoms with Gasteiger partial charge in [-0.1, -0.05) is 29.8 Å². The quantitative estimate of drug-likeness (QED) is 0.860. The largest absolute Gasteiger partial charge is 0.319 e. The van der Waals surface area contributed by atoms with Crippen LogP contribution in [0.1, 0.15) is 5.56 Å². The molecule has 0 aliphatic carbocycles. The van der Waals surface area contributed by atoms with E-state index in [1.807, 2.05) is 25.4 Å². The summed E-state index contributed by atoms with van der Waals surface area (Å²) >= 11 is 6.16. The third-order valence-electron chi connectivity index (χ3n) is 2.47. The number of fused-ring (bicyclic) bond motifs is 1. The highest BCUT2D eigenvalue weighted by Crippen LogP contribution is 2.25. The normalized spacial score (nSPS) is 10.8. The van der Waals surface area contributed by atoms with Crippen molar-refractivity contribution in [1.82, 2.24) is 10.3 Å². The fraction of sp³-hybridized carbons (Fsp3) is 0.250. The highest BCUT2D eigenvalue weighted by Gasteiger charge is 2.04. The predicted octanol–water partition coefficient (Wildman–Crippen LogP) is 2.65. The van der Waals surface area contributed by atoms with Crippen LogP contribution in [0.5, 0.6) is 0 Å². The van der Waals surface area contributed by atoms with E-state index in [-0.39, 0.29) is 0 Å². The smallest absolute Gasteiger partial charge is 0.0670 e. The number of halogens is 1. The van der Waals surface area contributed by atoms with Crippen LogP contribution in [0.2, 0.25) is 5.02 Å². The highest BCUT2D eigenvalue weighted by molar-refractivity contribution is 6.35. The van der Waals surface area contributed by atoms with Crippen molar-refractivity contribution in [3.8, 4) is 0 Å². The molecule has 1 heterocycles. The highest BCUT2D eigenvalue weighted by atomic mass is 35.5. The summed E-state index contributed by atoms with van der Waals surface area (Å²) in [4.78, 5) is 4.09. The number of likely N-dealkylation sites (N-methyl/N-ethyl adjacent to an activating group) is 1. The van der Waals surface area contributed by atoms with E-state index >= 15 is 0 Å². The van der Waals surface area contributed by atoms with Gasteiger partial charge in [-0.2, -0.15) is 0 Å². The Morgan fingerprint density at radius 3 is 3.00 bits per heavy atom. The zero-order valence-corrected chi connectivity index (χ0v) is 9.38. The molecular weight excluding hydrogens is 208 g/mol. The van der Waals surface area contributed by atoms with Gasteiger partial charge in [0.1, 0.15) is 0 Å². The van der Waals surface area contributed by atoms with E-state index in [2.05, 4.69) is 16.4 Å². The maximum absolute atomic E-state index is 6.16. The lowest BCUT2D eigenvalue weighted by atomic mass is 10.0. The maximum atomic E-state index is 6.16. The summed E-state index contributed by atoms with van der Waals surface area (Å²) in [7, 11) is 1.95. The predicted molar refractivity (Wildman–Crippen MR) is 64.4 cm³/mol. The van der Waals surface area contributed by atoms with Crippen LogP contribution < -0.4 is 5.32 Å². The van der Waals surface area contributed by atoms with E-state index < -0.39 is 0 Å². The van der Waals surface area contributed by atoms with Crippen LogP contribution in [0.3, 0.4) is 0 Å². The Bertz CT molecular complexity index is 463. The van der Waals surface area contributed by atoms with Crippen molar-refractivity contribution in [1.29, 1.82) is 0 Å². The number of benzene rings is 1. The van der Waals surface area contributed by atoms with Gasteiger partial charge < -0.3 is 5.32 Å². The van der Waals surface area contributed by atoms with Gasteiger partial charge in [-0.3, -0.25) is 4.98 Å². The summed E-state index contributed by atoms with van der Waals surface area (Å²) in [6.45, 7) is 0.956. The summed E-state index contributed by atoms with van der Waals surface area (Å²) in [6.07, 6.45) is 4.54. The van der Waals surface area contributed by atoms with Gasteiger partial charge in [0.25, 0.3) is 0 Å². The van der Waals surface area contributed by atoms with Gasteiger partial charge in [-0.25, -0.2) is 0 Å². The number of nitrogens with zero attached hydrogens (tertiary/aromatic N) is 1. The van der Waals surface area contributed by atoms with E-state index in [9.17, 15) is 0 Å². The van der Waals surface area contributed by atoms with E-state index in [1.54, 1.807) is 6.20 Å². The van der Waals surface area contributed by atoms with Crippen LogP contribution in [-0.2, 0) is 6.42 Å². The summed E-state index contributed by atoms with van der Waals surface area (Å²) < 4.78 is 0. The van der Waals surface area contributed by atoms with Gasteiger partial charge in [0.2, 0.25) is 0 Å². The Labute approximate surface area is 94.3 Å². The first-order valence-electron chi connectivity index (χ1n) is 4.98. The van der Waals surface area contributed by atoms with Crippen molar-refractivity contribution in [2.75, 3.05) is 13.6 Å². The third kappa shape index (κ3) is 2.11. The average Bonchev–Trinajstić information content (AvgIpc) is 2.26. The summed E-state index contributed by atoms with van der Waals surface area (Å²) in [6, 6.07) is 6.20. The van der Waals surface area contributed by atoms with E-state index in [4.69, 9.17) is 11.6 Å². The Balaban J connectivity index is 2.53. The van der Waals surface area contributed by atoms with Crippen LogP contribution in [0.15, 0.2) is 30.6 Å². The van der Waals surface area contributed by atoms with Crippen LogP contribution in [0, 0.1) is 0 Å². The molecule has 2 rings (SSSR count). The van der Waals surface area contributed by atoms with Crippen molar-refractivity contribution in [3.05, 3.63) is 41.2 Å². The molecule has 1 aromatic heterocycles. The molecule has 0 radical (unpaired) electrons. The third-order valence-corrected chi connectivity index (χ3v) is 2.75. The average molecular weight is 221 g/mol. The summed E-state index contributed by atoms with van der Waals surface area (Å²) in [5, 5.41) is 6.11. The Morgan fingerprint density at radius 1 is 1.33 bits per heavy atom. The van der Waals surface area contributed by atoms with E-state index in [0.29, 0.717) is 0 Å². The van der Waals surface area contributed by atoms with Crippen LogP contribution in [-0.4, -0.2) is 18.6 Å². The summed E-state index contributed by atoms with van der Waals surface area (Å²) in [5.41, 5.74) is 1.27. The van der Waals surface area contributed by atoms with Gasteiger partial charge in [0.05, 0.1) is 5.02 Å². The lowest BCUT2D eigenvalue weighted by molar-refractivity contribution is 0.795. The van der Waals surface area contributed by atoms with Crippen molar-refractivity contribution in [2.45, 2.75) is 6.42 Å². The molecule has 0 bridgehead atoms. The molecular formula is C12H13ClN2. The molecule has 3 heteroatoms. The molecule has 0 saturated heterocycles. The molecule has 0 amide bonds. The Morgan fingerprint density at radius 2 is 2.20 bits per heavy atom. The van der Waals surface area contributed by atoms with E-state index in [0.717, 1.165) is 28.8 Å².